The molecule has 4 aromatic carbocycles. The normalized spacial score (nSPS) is 20.7. The molecule has 5 unspecified atom stereocenters. The van der Waals surface area contributed by atoms with Crippen LogP contribution in [0.25, 0.3) is 0 Å². The van der Waals surface area contributed by atoms with Gasteiger partial charge in [-0.05, 0) is 71.1 Å². The zero-order valence-corrected chi connectivity index (χ0v) is 27.2. The van der Waals surface area contributed by atoms with Gasteiger partial charge in [0, 0.05) is 15.6 Å². The van der Waals surface area contributed by atoms with E-state index in [1.807, 2.05) is 22.6 Å². The largest absolute Gasteiger partial charge is 0.459 e. The van der Waals surface area contributed by atoms with Crippen molar-refractivity contribution in [3.63, 3.8) is 0 Å². The van der Waals surface area contributed by atoms with Crippen LogP contribution in [0.5, 0.6) is 0 Å². The lowest BCUT2D eigenvalue weighted by Crippen LogP contribution is -2.62. The number of ketones is 1. The van der Waals surface area contributed by atoms with Gasteiger partial charge in [-0.3, -0.25) is 4.79 Å². The Bertz CT molecular complexity index is 1720. The Labute approximate surface area is 287 Å². The maximum atomic E-state index is 15.1. The Morgan fingerprint density at radius 1 is 0.604 bits per heavy atom. The Morgan fingerprint density at radius 3 is 1.54 bits per heavy atom. The molecule has 48 heavy (non-hydrogen) atoms. The van der Waals surface area contributed by atoms with Gasteiger partial charge in [0.2, 0.25) is 0 Å². The predicted molar refractivity (Wildman–Crippen MR) is 174 cm³/mol. The Morgan fingerprint density at radius 2 is 1.06 bits per heavy atom. The summed E-state index contributed by atoms with van der Waals surface area (Å²) in [5.41, 5.74) is 0.237. The molecule has 0 radical (unpaired) electrons. The van der Waals surface area contributed by atoms with E-state index in [0.29, 0.717) is 0 Å². The van der Waals surface area contributed by atoms with Crippen molar-refractivity contribution < 1.29 is 51.3 Å². The van der Waals surface area contributed by atoms with Gasteiger partial charge >= 0.3 is 24.1 Å². The van der Waals surface area contributed by atoms with Crippen molar-refractivity contribution in [1.82, 2.24) is 0 Å². The lowest BCUT2D eigenvalue weighted by molar-refractivity contribution is -0.289. The van der Waals surface area contributed by atoms with Crippen molar-refractivity contribution in [3.05, 3.63) is 141 Å². The summed E-state index contributed by atoms with van der Waals surface area (Å²) in [6.07, 6.45) is -13.5. The number of hydrogen-bond donors (Lipinski definition) is 0. The van der Waals surface area contributed by atoms with E-state index in [1.54, 1.807) is 42.5 Å². The summed E-state index contributed by atoms with van der Waals surface area (Å²) in [6, 6.07) is 28.8. The molecule has 0 N–H and O–H groups in total. The molecule has 0 aliphatic carbocycles. The van der Waals surface area contributed by atoms with Crippen molar-refractivity contribution in [2.75, 3.05) is 6.61 Å². The fourth-order valence-electron chi connectivity index (χ4n) is 5.29. The van der Waals surface area contributed by atoms with Crippen LogP contribution in [0, 0.1) is 9.49 Å². The van der Waals surface area contributed by atoms with Gasteiger partial charge < -0.3 is 18.9 Å². The van der Waals surface area contributed by atoms with Crippen molar-refractivity contribution in [3.8, 4) is 0 Å². The molecule has 0 saturated carbocycles. The Kier molecular flexibility index (Phi) is 11.3. The van der Waals surface area contributed by atoms with Gasteiger partial charge in [0.15, 0.2) is 18.0 Å². The molecule has 1 saturated heterocycles. The minimum absolute atomic E-state index is 0.00485. The molecular formula is C36H28F3IO8. The number of alkyl halides is 3. The quantitative estimate of drug-likeness (QED) is 0.0727. The van der Waals surface area contributed by atoms with Crippen LogP contribution in [0.4, 0.5) is 13.2 Å². The van der Waals surface area contributed by atoms with Crippen molar-refractivity contribution in [2.45, 2.75) is 37.0 Å². The number of hydrogen-bond acceptors (Lipinski definition) is 8. The second kappa shape index (κ2) is 15.6. The third-order valence-corrected chi connectivity index (χ3v) is 8.34. The number of esters is 3. The third-order valence-electron chi connectivity index (χ3n) is 7.62. The van der Waals surface area contributed by atoms with Crippen LogP contribution in [0.1, 0.15) is 47.9 Å². The number of carbonyl (C=O) groups excluding carboxylic acids is 4. The summed E-state index contributed by atoms with van der Waals surface area (Å²) in [4.78, 5) is 52.8. The molecule has 5 rings (SSSR count). The number of Topliss-reactive ketones (excluding diaryl/α,β-unsaturated/α-hetero) is 1. The first kappa shape index (κ1) is 34.8. The summed E-state index contributed by atoms with van der Waals surface area (Å²) < 4.78 is 68.6. The number of halogens is 4. The van der Waals surface area contributed by atoms with Crippen LogP contribution in [-0.4, -0.2) is 60.9 Å². The molecule has 1 aliphatic rings. The van der Waals surface area contributed by atoms with Crippen LogP contribution in [-0.2, 0) is 18.9 Å². The second-order valence-corrected chi connectivity index (χ2v) is 12.1. The fourth-order valence-corrected chi connectivity index (χ4v) is 5.65. The molecular weight excluding hydrogens is 744 g/mol. The molecule has 1 aliphatic heterocycles. The van der Waals surface area contributed by atoms with E-state index in [1.165, 1.54) is 72.8 Å². The summed E-state index contributed by atoms with van der Waals surface area (Å²) in [5.74, 6) is -6.26. The van der Waals surface area contributed by atoms with Crippen LogP contribution in [0.15, 0.2) is 115 Å². The first-order chi connectivity index (χ1) is 23.0. The molecule has 248 valence electrons. The lowest BCUT2D eigenvalue weighted by Gasteiger charge is -2.45. The number of benzene rings is 4. The molecule has 0 aromatic heterocycles. The minimum Gasteiger partial charge on any atom is -0.459 e. The van der Waals surface area contributed by atoms with Gasteiger partial charge in [-0.2, -0.15) is 13.2 Å². The van der Waals surface area contributed by atoms with E-state index in [-0.39, 0.29) is 22.3 Å². The maximum absolute atomic E-state index is 15.1. The molecule has 5 atom stereocenters. The minimum atomic E-state index is -5.11. The second-order valence-electron chi connectivity index (χ2n) is 10.9. The van der Waals surface area contributed by atoms with E-state index in [4.69, 9.17) is 18.9 Å². The van der Waals surface area contributed by atoms with Crippen LogP contribution in [0.3, 0.4) is 0 Å². The van der Waals surface area contributed by atoms with Gasteiger partial charge in [-0.25, -0.2) is 14.4 Å². The fraction of sp³-hybridized carbons (Fsp3) is 0.222. The molecule has 0 spiro atoms. The SMILES string of the molecule is O=C(CC1OC(COC(=O)c2ccccc2)C(OC(=O)c2ccccc2)C(OC(=O)c2ccccc2)C1C(F)(F)F)c1ccc(I)cc1. The van der Waals surface area contributed by atoms with E-state index in [9.17, 15) is 19.2 Å². The lowest BCUT2D eigenvalue weighted by atomic mass is 9.83. The topological polar surface area (TPSA) is 105 Å². The zero-order chi connectivity index (χ0) is 34.3. The maximum Gasteiger partial charge on any atom is 0.398 e. The highest BCUT2D eigenvalue weighted by atomic mass is 127. The molecule has 8 nitrogen and oxygen atoms in total. The number of rotatable bonds is 10. The van der Waals surface area contributed by atoms with Gasteiger partial charge in [0.25, 0.3) is 0 Å². The molecule has 0 bridgehead atoms. The first-order valence-electron chi connectivity index (χ1n) is 14.8. The van der Waals surface area contributed by atoms with Crippen molar-refractivity contribution >= 4 is 46.3 Å². The van der Waals surface area contributed by atoms with Crippen molar-refractivity contribution in [2.24, 2.45) is 5.92 Å². The predicted octanol–water partition coefficient (Wildman–Crippen LogP) is 7.12. The summed E-state index contributed by atoms with van der Waals surface area (Å²) in [7, 11) is 0. The van der Waals surface area contributed by atoms with Gasteiger partial charge in [0.1, 0.15) is 18.6 Å². The highest BCUT2D eigenvalue weighted by molar-refractivity contribution is 14.1. The van der Waals surface area contributed by atoms with Gasteiger partial charge in [-0.15, -0.1) is 0 Å². The monoisotopic (exact) mass is 772 g/mol. The van der Waals surface area contributed by atoms with Crippen molar-refractivity contribution in [1.29, 1.82) is 0 Å². The highest BCUT2D eigenvalue weighted by Gasteiger charge is 2.61. The summed E-state index contributed by atoms with van der Waals surface area (Å²) in [5, 5.41) is 0. The molecule has 12 heteroatoms. The third kappa shape index (κ3) is 8.66. The first-order valence-corrected chi connectivity index (χ1v) is 15.8. The molecule has 4 aromatic rings. The summed E-state index contributed by atoms with van der Waals surface area (Å²) in [6.45, 7) is -0.696. The Hall–Kier alpha value is -4.56. The standard InChI is InChI=1S/C36H28F3IO8/c37-36(38,39)30-28(20-27(41)22-16-18-26(40)19-17-22)46-29(21-45-33(42)23-10-4-1-5-11-23)31(47-34(43)24-12-6-2-7-13-24)32(30)48-35(44)25-14-8-3-9-15-25/h1-19,28-32H,20-21H2. The summed E-state index contributed by atoms with van der Waals surface area (Å²) >= 11 is 2.03. The zero-order valence-electron chi connectivity index (χ0n) is 25.0. The number of ether oxygens (including phenoxy) is 4. The highest BCUT2D eigenvalue weighted by Crippen LogP contribution is 2.43. The molecule has 1 heterocycles. The van der Waals surface area contributed by atoms with E-state index >= 15 is 13.2 Å². The van der Waals surface area contributed by atoms with Crippen LogP contribution >= 0.6 is 22.6 Å². The molecule has 0 amide bonds. The van der Waals surface area contributed by atoms with E-state index in [0.717, 1.165) is 3.57 Å². The Balaban J connectivity index is 1.55. The van der Waals surface area contributed by atoms with E-state index < -0.39 is 73.2 Å². The van der Waals surface area contributed by atoms with Gasteiger partial charge in [-0.1, -0.05) is 66.7 Å². The number of carbonyl (C=O) groups is 4. The van der Waals surface area contributed by atoms with Crippen LogP contribution < -0.4 is 0 Å². The van der Waals surface area contributed by atoms with E-state index in [2.05, 4.69) is 0 Å². The smallest absolute Gasteiger partial charge is 0.398 e. The molecule has 1 fully saturated rings. The average Bonchev–Trinajstić information content (AvgIpc) is 3.09. The average molecular weight is 773 g/mol. The van der Waals surface area contributed by atoms with Crippen LogP contribution in [0.2, 0.25) is 0 Å². The van der Waals surface area contributed by atoms with Gasteiger partial charge in [0.05, 0.1) is 22.8 Å².